The van der Waals surface area contributed by atoms with E-state index in [2.05, 4.69) is 11.4 Å². The fourth-order valence-electron chi connectivity index (χ4n) is 1.91. The van der Waals surface area contributed by atoms with E-state index in [1.807, 2.05) is 23.9 Å². The summed E-state index contributed by atoms with van der Waals surface area (Å²) in [6.07, 6.45) is 0.877. The van der Waals surface area contributed by atoms with Crippen molar-refractivity contribution < 1.29 is 14.6 Å². The molecule has 0 radical (unpaired) electrons. The van der Waals surface area contributed by atoms with Gasteiger partial charge in [0.15, 0.2) is 11.5 Å². The standard InChI is InChI=1S/C14H21NO3S/c16-6-2-9-19-10-5-15-11-12-3-1-4-13-14(12)18-8-7-17-13/h1,3-4,15-16H,2,5-11H2. The monoisotopic (exact) mass is 283 g/mol. The van der Waals surface area contributed by atoms with Crippen molar-refractivity contribution in [3.8, 4) is 11.5 Å². The Bertz CT molecular complexity index is 387. The Balaban J connectivity index is 1.71. The summed E-state index contributed by atoms with van der Waals surface area (Å²) in [6.45, 7) is 3.30. The summed E-state index contributed by atoms with van der Waals surface area (Å²) in [5.41, 5.74) is 1.15. The van der Waals surface area contributed by atoms with Gasteiger partial charge in [-0.2, -0.15) is 11.8 Å². The lowest BCUT2D eigenvalue weighted by atomic mass is 10.1. The van der Waals surface area contributed by atoms with Gasteiger partial charge in [0.2, 0.25) is 0 Å². The van der Waals surface area contributed by atoms with Gasteiger partial charge in [-0.3, -0.25) is 0 Å². The molecule has 4 nitrogen and oxygen atoms in total. The van der Waals surface area contributed by atoms with Crippen molar-refractivity contribution in [2.24, 2.45) is 0 Å². The third-order valence-corrected chi connectivity index (χ3v) is 3.90. The van der Waals surface area contributed by atoms with Crippen molar-refractivity contribution in [1.82, 2.24) is 5.32 Å². The van der Waals surface area contributed by atoms with Gasteiger partial charge in [0.25, 0.3) is 0 Å². The highest BCUT2D eigenvalue weighted by Gasteiger charge is 2.14. The molecule has 1 aromatic rings. The Morgan fingerprint density at radius 3 is 3.00 bits per heavy atom. The summed E-state index contributed by atoms with van der Waals surface area (Å²) < 4.78 is 11.2. The first-order valence-corrected chi connectivity index (χ1v) is 7.84. The lowest BCUT2D eigenvalue weighted by molar-refractivity contribution is 0.169. The first-order valence-electron chi connectivity index (χ1n) is 6.68. The zero-order valence-corrected chi connectivity index (χ0v) is 11.9. The second kappa shape index (κ2) is 8.30. The summed E-state index contributed by atoms with van der Waals surface area (Å²) in [6, 6.07) is 6.02. The van der Waals surface area contributed by atoms with Crippen molar-refractivity contribution in [3.63, 3.8) is 0 Å². The number of nitrogens with one attached hydrogen (secondary N) is 1. The molecule has 0 aromatic heterocycles. The maximum Gasteiger partial charge on any atom is 0.165 e. The molecule has 106 valence electrons. The average molecular weight is 283 g/mol. The number of aliphatic hydroxyl groups is 1. The van der Waals surface area contributed by atoms with Gasteiger partial charge in [0.1, 0.15) is 13.2 Å². The van der Waals surface area contributed by atoms with Crippen LogP contribution in [0.3, 0.4) is 0 Å². The van der Waals surface area contributed by atoms with Gasteiger partial charge >= 0.3 is 0 Å². The minimum Gasteiger partial charge on any atom is -0.486 e. The SMILES string of the molecule is OCCCSCCNCc1cccc2c1OCCO2. The zero-order valence-electron chi connectivity index (χ0n) is 11.1. The smallest absolute Gasteiger partial charge is 0.165 e. The van der Waals surface area contributed by atoms with Crippen LogP contribution in [0.2, 0.25) is 0 Å². The number of benzene rings is 1. The van der Waals surface area contributed by atoms with Gasteiger partial charge in [0.05, 0.1) is 0 Å². The molecule has 0 aliphatic carbocycles. The van der Waals surface area contributed by atoms with Gasteiger partial charge in [-0.1, -0.05) is 12.1 Å². The van der Waals surface area contributed by atoms with Gasteiger partial charge in [-0.15, -0.1) is 0 Å². The molecular weight excluding hydrogens is 262 g/mol. The lowest BCUT2D eigenvalue weighted by Crippen LogP contribution is -2.20. The highest BCUT2D eigenvalue weighted by atomic mass is 32.2. The second-order valence-electron chi connectivity index (χ2n) is 4.31. The molecule has 0 amide bonds. The van der Waals surface area contributed by atoms with E-state index in [-0.39, 0.29) is 6.61 Å². The van der Waals surface area contributed by atoms with E-state index in [0.717, 1.165) is 48.1 Å². The van der Waals surface area contributed by atoms with Gasteiger partial charge in [0, 0.05) is 31.0 Å². The van der Waals surface area contributed by atoms with Crippen LogP contribution in [0.1, 0.15) is 12.0 Å². The van der Waals surface area contributed by atoms with Crippen molar-refractivity contribution in [1.29, 1.82) is 0 Å². The van der Waals surface area contributed by atoms with Crippen LogP contribution in [0.5, 0.6) is 11.5 Å². The van der Waals surface area contributed by atoms with E-state index >= 15 is 0 Å². The minimum atomic E-state index is 0.286. The van der Waals surface area contributed by atoms with Crippen molar-refractivity contribution in [2.75, 3.05) is 37.9 Å². The molecule has 1 aliphatic rings. The highest BCUT2D eigenvalue weighted by molar-refractivity contribution is 7.99. The number of aliphatic hydroxyl groups excluding tert-OH is 1. The number of hydrogen-bond acceptors (Lipinski definition) is 5. The van der Waals surface area contributed by atoms with E-state index < -0.39 is 0 Å². The quantitative estimate of drug-likeness (QED) is 0.711. The number of hydrogen-bond donors (Lipinski definition) is 2. The summed E-state index contributed by atoms with van der Waals surface area (Å²) in [4.78, 5) is 0. The summed E-state index contributed by atoms with van der Waals surface area (Å²) in [5.74, 6) is 3.82. The molecule has 0 spiro atoms. The largest absolute Gasteiger partial charge is 0.486 e. The van der Waals surface area contributed by atoms with Crippen LogP contribution in [0.25, 0.3) is 0 Å². The minimum absolute atomic E-state index is 0.286. The van der Waals surface area contributed by atoms with Crippen LogP contribution in [-0.2, 0) is 6.54 Å². The molecule has 1 aromatic carbocycles. The summed E-state index contributed by atoms with van der Waals surface area (Å²) in [5, 5.41) is 12.1. The Kier molecular flexibility index (Phi) is 6.33. The predicted octanol–water partition coefficient (Wildman–Crippen LogP) is 1.66. The Morgan fingerprint density at radius 1 is 1.21 bits per heavy atom. The molecule has 0 atom stereocenters. The van der Waals surface area contributed by atoms with E-state index in [0.29, 0.717) is 13.2 Å². The molecular formula is C14H21NO3S. The zero-order chi connectivity index (χ0) is 13.3. The Hall–Kier alpha value is -0.910. The molecule has 1 aliphatic heterocycles. The molecule has 5 heteroatoms. The molecule has 0 saturated heterocycles. The molecule has 0 bridgehead atoms. The highest BCUT2D eigenvalue weighted by Crippen LogP contribution is 2.33. The summed E-state index contributed by atoms with van der Waals surface area (Å²) >= 11 is 1.86. The maximum absolute atomic E-state index is 8.68. The Morgan fingerprint density at radius 2 is 2.11 bits per heavy atom. The fourth-order valence-corrected chi connectivity index (χ4v) is 2.74. The number of thioether (sulfide) groups is 1. The molecule has 2 N–H and O–H groups in total. The van der Waals surface area contributed by atoms with E-state index in [4.69, 9.17) is 14.6 Å². The van der Waals surface area contributed by atoms with Gasteiger partial charge in [-0.25, -0.2) is 0 Å². The molecule has 2 rings (SSSR count). The fraction of sp³-hybridized carbons (Fsp3) is 0.571. The molecule has 0 unspecified atom stereocenters. The topological polar surface area (TPSA) is 50.7 Å². The van der Waals surface area contributed by atoms with Gasteiger partial charge < -0.3 is 19.9 Å². The van der Waals surface area contributed by atoms with Crippen LogP contribution in [0.4, 0.5) is 0 Å². The number of para-hydroxylation sites is 1. The van der Waals surface area contributed by atoms with E-state index in [9.17, 15) is 0 Å². The van der Waals surface area contributed by atoms with Crippen molar-refractivity contribution >= 4 is 11.8 Å². The van der Waals surface area contributed by atoms with Crippen LogP contribution < -0.4 is 14.8 Å². The molecule has 0 fully saturated rings. The van der Waals surface area contributed by atoms with E-state index in [1.54, 1.807) is 0 Å². The number of fused-ring (bicyclic) bond motifs is 1. The number of rotatable bonds is 8. The third-order valence-electron chi connectivity index (χ3n) is 2.83. The van der Waals surface area contributed by atoms with Crippen LogP contribution in [-0.4, -0.2) is 43.0 Å². The molecule has 1 heterocycles. The normalized spacial score (nSPS) is 13.5. The van der Waals surface area contributed by atoms with Crippen molar-refractivity contribution in [3.05, 3.63) is 23.8 Å². The lowest BCUT2D eigenvalue weighted by Gasteiger charge is -2.21. The van der Waals surface area contributed by atoms with Gasteiger partial charge in [-0.05, 0) is 18.2 Å². The third kappa shape index (κ3) is 4.60. The maximum atomic E-state index is 8.68. The van der Waals surface area contributed by atoms with Crippen LogP contribution in [0, 0.1) is 0 Å². The summed E-state index contributed by atoms with van der Waals surface area (Å²) in [7, 11) is 0. The predicted molar refractivity (Wildman–Crippen MR) is 78.2 cm³/mol. The average Bonchev–Trinajstić information content (AvgIpc) is 2.46. The first kappa shape index (κ1) is 14.5. The number of ether oxygens (including phenoxy) is 2. The van der Waals surface area contributed by atoms with Crippen LogP contribution in [0.15, 0.2) is 18.2 Å². The first-order chi connectivity index (χ1) is 9.42. The van der Waals surface area contributed by atoms with Crippen LogP contribution >= 0.6 is 11.8 Å². The van der Waals surface area contributed by atoms with E-state index in [1.165, 1.54) is 0 Å². The molecule has 0 saturated carbocycles. The Labute approximate surface area is 118 Å². The second-order valence-corrected chi connectivity index (χ2v) is 5.53. The van der Waals surface area contributed by atoms with Crippen molar-refractivity contribution in [2.45, 2.75) is 13.0 Å². The molecule has 19 heavy (non-hydrogen) atoms.